The van der Waals surface area contributed by atoms with E-state index in [9.17, 15) is 4.79 Å². The number of benzene rings is 2. The van der Waals surface area contributed by atoms with Crippen molar-refractivity contribution < 1.29 is 4.79 Å². The highest BCUT2D eigenvalue weighted by Crippen LogP contribution is 2.25. The van der Waals surface area contributed by atoms with Crippen molar-refractivity contribution in [1.82, 2.24) is 14.7 Å². The van der Waals surface area contributed by atoms with Crippen molar-refractivity contribution in [2.24, 2.45) is 5.73 Å². The first-order valence-corrected chi connectivity index (χ1v) is 9.36. The summed E-state index contributed by atoms with van der Waals surface area (Å²) < 4.78 is 1.78. The van der Waals surface area contributed by atoms with E-state index in [4.69, 9.17) is 11.0 Å². The third-order valence-electron chi connectivity index (χ3n) is 4.98. The molecule has 1 aliphatic heterocycles. The van der Waals surface area contributed by atoms with Gasteiger partial charge in [-0.3, -0.25) is 4.79 Å². The third-order valence-corrected chi connectivity index (χ3v) is 4.98. The van der Waals surface area contributed by atoms with E-state index in [0.717, 1.165) is 29.8 Å². The van der Waals surface area contributed by atoms with Gasteiger partial charge in [0.05, 0.1) is 23.0 Å². The fraction of sp³-hybridized carbons (Fsp3) is 0.227. The van der Waals surface area contributed by atoms with E-state index < -0.39 is 0 Å². The molecule has 0 radical (unpaired) electrons. The summed E-state index contributed by atoms with van der Waals surface area (Å²) in [6.45, 7) is 1.26. The highest BCUT2D eigenvalue weighted by Gasteiger charge is 2.25. The molecule has 0 spiro atoms. The van der Waals surface area contributed by atoms with Crippen LogP contribution >= 0.6 is 0 Å². The monoisotopic (exact) mass is 371 g/mol. The lowest BCUT2D eigenvalue weighted by atomic mass is 10.1. The van der Waals surface area contributed by atoms with Gasteiger partial charge in [0, 0.05) is 24.7 Å². The summed E-state index contributed by atoms with van der Waals surface area (Å²) in [7, 11) is 0. The summed E-state index contributed by atoms with van der Waals surface area (Å²) in [5.41, 5.74) is 9.60. The van der Waals surface area contributed by atoms with Crippen molar-refractivity contribution in [1.29, 1.82) is 5.26 Å². The fourth-order valence-electron chi connectivity index (χ4n) is 3.53. The van der Waals surface area contributed by atoms with E-state index in [0.29, 0.717) is 24.3 Å². The summed E-state index contributed by atoms with van der Waals surface area (Å²) in [4.78, 5) is 14.8. The molecule has 0 unspecified atom stereocenters. The number of nitrogens with zero attached hydrogens (tertiary/aromatic N) is 4. The summed E-state index contributed by atoms with van der Waals surface area (Å²) in [5.74, 6) is -0.0975. The summed E-state index contributed by atoms with van der Waals surface area (Å²) >= 11 is 0. The quantitative estimate of drug-likeness (QED) is 0.767. The molecule has 0 bridgehead atoms. The molecule has 1 aliphatic rings. The van der Waals surface area contributed by atoms with Crippen LogP contribution < -0.4 is 5.73 Å². The molecule has 1 aromatic heterocycles. The number of carbonyl (C=O) groups excluding carboxylic acids is 1. The molecule has 1 saturated heterocycles. The first-order valence-electron chi connectivity index (χ1n) is 9.36. The average molecular weight is 371 g/mol. The van der Waals surface area contributed by atoms with Crippen LogP contribution in [0.25, 0.3) is 16.9 Å². The van der Waals surface area contributed by atoms with Crippen molar-refractivity contribution in [3.8, 4) is 23.0 Å². The second kappa shape index (κ2) is 7.67. The van der Waals surface area contributed by atoms with Crippen molar-refractivity contribution in [2.75, 3.05) is 13.1 Å². The Kier molecular flexibility index (Phi) is 4.92. The summed E-state index contributed by atoms with van der Waals surface area (Å²) in [6.07, 6.45) is 1.85. The maximum atomic E-state index is 13.0. The fourth-order valence-corrected chi connectivity index (χ4v) is 3.53. The van der Waals surface area contributed by atoms with Gasteiger partial charge in [-0.15, -0.1) is 0 Å². The minimum atomic E-state index is -0.0975. The van der Waals surface area contributed by atoms with Crippen molar-refractivity contribution in [2.45, 2.75) is 18.9 Å². The van der Waals surface area contributed by atoms with Gasteiger partial charge in [-0.1, -0.05) is 30.3 Å². The standard InChI is InChI=1S/C22H21N5O/c23-14-16-8-10-17(11-9-16)21-13-20(22(28)26-12-4-5-18(24)15-26)25-27(21)19-6-2-1-3-7-19/h1-3,6-11,13,18H,4-5,12,15,24H2/t18-/m1/s1. The highest BCUT2D eigenvalue weighted by molar-refractivity contribution is 5.93. The zero-order valence-corrected chi connectivity index (χ0v) is 15.5. The Labute approximate surface area is 163 Å². The molecule has 4 rings (SSSR count). The third kappa shape index (κ3) is 3.53. The molecule has 0 aliphatic carbocycles. The smallest absolute Gasteiger partial charge is 0.274 e. The van der Waals surface area contributed by atoms with Gasteiger partial charge in [0.15, 0.2) is 5.69 Å². The van der Waals surface area contributed by atoms with Crippen LogP contribution in [0.2, 0.25) is 0 Å². The number of rotatable bonds is 3. The lowest BCUT2D eigenvalue weighted by Crippen LogP contribution is -2.45. The average Bonchev–Trinajstić information content (AvgIpc) is 3.19. The van der Waals surface area contributed by atoms with Crippen LogP contribution in [-0.2, 0) is 0 Å². The van der Waals surface area contributed by atoms with Gasteiger partial charge in [0.2, 0.25) is 0 Å². The van der Waals surface area contributed by atoms with Gasteiger partial charge in [-0.25, -0.2) is 4.68 Å². The van der Waals surface area contributed by atoms with E-state index in [2.05, 4.69) is 11.2 Å². The van der Waals surface area contributed by atoms with Crippen LogP contribution in [0.15, 0.2) is 60.7 Å². The molecule has 1 fully saturated rings. The molecular weight excluding hydrogens is 350 g/mol. The Morgan fingerprint density at radius 2 is 1.89 bits per heavy atom. The largest absolute Gasteiger partial charge is 0.336 e. The second-order valence-corrected chi connectivity index (χ2v) is 7.00. The van der Waals surface area contributed by atoms with Gasteiger partial charge < -0.3 is 10.6 Å². The normalized spacial score (nSPS) is 16.6. The first-order chi connectivity index (χ1) is 13.7. The van der Waals surface area contributed by atoms with E-state index in [1.807, 2.05) is 48.5 Å². The van der Waals surface area contributed by atoms with Gasteiger partial charge in [0.1, 0.15) is 0 Å². The number of para-hydroxylation sites is 1. The minimum Gasteiger partial charge on any atom is -0.336 e. The minimum absolute atomic E-state index is 0.0203. The van der Waals surface area contributed by atoms with Gasteiger partial charge in [-0.2, -0.15) is 10.4 Å². The van der Waals surface area contributed by atoms with E-state index in [1.165, 1.54) is 0 Å². The molecule has 1 amide bonds. The van der Waals surface area contributed by atoms with E-state index in [1.54, 1.807) is 21.7 Å². The number of hydrogen-bond acceptors (Lipinski definition) is 4. The molecule has 2 heterocycles. The lowest BCUT2D eigenvalue weighted by molar-refractivity contribution is 0.0702. The van der Waals surface area contributed by atoms with Crippen LogP contribution in [0.4, 0.5) is 0 Å². The number of likely N-dealkylation sites (tertiary alicyclic amines) is 1. The molecule has 0 saturated carbocycles. The molecular formula is C22H21N5O. The number of piperidine rings is 1. The number of nitriles is 1. The molecule has 6 nitrogen and oxygen atoms in total. The SMILES string of the molecule is N#Cc1ccc(-c2cc(C(=O)N3CCC[C@@H](N)C3)nn2-c2ccccc2)cc1. The van der Waals surface area contributed by atoms with E-state index >= 15 is 0 Å². The second-order valence-electron chi connectivity index (χ2n) is 7.00. The Bertz CT molecular complexity index is 1020. The Morgan fingerprint density at radius 3 is 2.57 bits per heavy atom. The zero-order valence-electron chi connectivity index (χ0n) is 15.5. The number of amides is 1. The molecule has 2 N–H and O–H groups in total. The van der Waals surface area contributed by atoms with Gasteiger partial charge >= 0.3 is 0 Å². The maximum Gasteiger partial charge on any atom is 0.274 e. The number of carbonyl (C=O) groups is 1. The number of aromatic nitrogens is 2. The topological polar surface area (TPSA) is 87.9 Å². The Hall–Kier alpha value is -3.43. The molecule has 3 aromatic rings. The van der Waals surface area contributed by atoms with Crippen molar-refractivity contribution >= 4 is 5.91 Å². The Balaban J connectivity index is 1.76. The molecule has 6 heteroatoms. The highest BCUT2D eigenvalue weighted by atomic mass is 16.2. The van der Waals surface area contributed by atoms with Gasteiger partial charge in [-0.05, 0) is 43.2 Å². The predicted octanol–water partition coefficient (Wildman–Crippen LogP) is 2.97. The van der Waals surface area contributed by atoms with Crippen molar-refractivity contribution in [3.05, 3.63) is 71.9 Å². The predicted molar refractivity (Wildman–Crippen MR) is 107 cm³/mol. The summed E-state index contributed by atoms with van der Waals surface area (Å²) in [5, 5.41) is 13.7. The lowest BCUT2D eigenvalue weighted by Gasteiger charge is -2.30. The molecule has 140 valence electrons. The van der Waals surface area contributed by atoms with Crippen molar-refractivity contribution in [3.63, 3.8) is 0 Å². The van der Waals surface area contributed by atoms with Crippen LogP contribution in [0.5, 0.6) is 0 Å². The molecule has 28 heavy (non-hydrogen) atoms. The zero-order chi connectivity index (χ0) is 19.5. The van der Waals surface area contributed by atoms with Crippen LogP contribution in [0, 0.1) is 11.3 Å². The van der Waals surface area contributed by atoms with Crippen LogP contribution in [0.3, 0.4) is 0 Å². The number of hydrogen-bond donors (Lipinski definition) is 1. The first kappa shape index (κ1) is 18.0. The maximum absolute atomic E-state index is 13.0. The summed E-state index contributed by atoms with van der Waals surface area (Å²) in [6, 6.07) is 21.0. The van der Waals surface area contributed by atoms with Crippen LogP contribution in [0.1, 0.15) is 28.9 Å². The number of nitrogens with two attached hydrogens (primary N) is 1. The molecule has 2 aromatic carbocycles. The Morgan fingerprint density at radius 1 is 1.14 bits per heavy atom. The molecule has 1 atom stereocenters. The van der Waals surface area contributed by atoms with Gasteiger partial charge in [0.25, 0.3) is 5.91 Å². The van der Waals surface area contributed by atoms with E-state index in [-0.39, 0.29) is 11.9 Å². The van der Waals surface area contributed by atoms with Crippen LogP contribution in [-0.4, -0.2) is 39.7 Å².